The van der Waals surface area contributed by atoms with Gasteiger partial charge in [0, 0.05) is 22.6 Å². The molecule has 0 fully saturated rings. The molecule has 0 bridgehead atoms. The van der Waals surface area contributed by atoms with Crippen LogP contribution in [0.3, 0.4) is 0 Å². The highest BCUT2D eigenvalue weighted by Crippen LogP contribution is 2.50. The molecule has 0 radical (unpaired) electrons. The third-order valence-corrected chi connectivity index (χ3v) is 5.89. The third-order valence-electron chi connectivity index (χ3n) is 5.39. The van der Waals surface area contributed by atoms with Gasteiger partial charge in [-0.25, -0.2) is 9.40 Å². The van der Waals surface area contributed by atoms with Gasteiger partial charge in [0.25, 0.3) is 0 Å². The SMILES string of the molecule is COc1ccc(C2=NN3[C@@H](c4ccc(F)cc4)Oc4c(Cl)cc(Cl)cc4[C@@H]3C2)cc1. The average molecular weight is 443 g/mol. The highest BCUT2D eigenvalue weighted by Gasteiger charge is 2.42. The average Bonchev–Trinajstić information content (AvgIpc) is 3.20. The summed E-state index contributed by atoms with van der Waals surface area (Å²) >= 11 is 12.7. The molecule has 2 aliphatic heterocycles. The van der Waals surface area contributed by atoms with Crippen LogP contribution in [0.25, 0.3) is 0 Å². The first-order chi connectivity index (χ1) is 14.5. The molecule has 7 heteroatoms. The molecule has 2 aliphatic rings. The van der Waals surface area contributed by atoms with E-state index >= 15 is 0 Å². The van der Waals surface area contributed by atoms with Gasteiger partial charge in [0.2, 0.25) is 6.23 Å². The van der Waals surface area contributed by atoms with Crippen molar-refractivity contribution in [3.63, 3.8) is 0 Å². The van der Waals surface area contributed by atoms with Crippen molar-refractivity contribution in [3.8, 4) is 11.5 Å². The lowest BCUT2D eigenvalue weighted by atomic mass is 9.96. The fraction of sp³-hybridized carbons (Fsp3) is 0.174. The number of hydrazone groups is 1. The van der Waals surface area contributed by atoms with Gasteiger partial charge >= 0.3 is 0 Å². The zero-order valence-electron chi connectivity index (χ0n) is 16.0. The standard InChI is InChI=1S/C23H17Cl2FN2O2/c1-29-17-8-4-13(5-9-17)20-12-21-18-10-15(24)11-19(25)22(18)30-23(28(21)27-20)14-2-6-16(26)7-3-14/h2-11,21,23H,12H2,1H3/t21-,23+/m0/s1. The van der Waals surface area contributed by atoms with Gasteiger partial charge in [-0.1, -0.05) is 35.3 Å². The fourth-order valence-electron chi connectivity index (χ4n) is 3.92. The lowest BCUT2D eigenvalue weighted by Crippen LogP contribution is -2.33. The second-order valence-corrected chi connectivity index (χ2v) is 8.05. The van der Waals surface area contributed by atoms with Crippen molar-refractivity contribution in [1.29, 1.82) is 0 Å². The van der Waals surface area contributed by atoms with Gasteiger partial charge < -0.3 is 9.47 Å². The quantitative estimate of drug-likeness (QED) is 0.471. The molecule has 0 N–H and O–H groups in total. The zero-order valence-corrected chi connectivity index (χ0v) is 17.5. The van der Waals surface area contributed by atoms with Crippen molar-refractivity contribution in [2.45, 2.75) is 18.7 Å². The van der Waals surface area contributed by atoms with Crippen LogP contribution >= 0.6 is 23.2 Å². The normalized spacial score (nSPS) is 19.6. The van der Waals surface area contributed by atoms with Crippen LogP contribution in [0.4, 0.5) is 4.39 Å². The molecule has 3 aromatic carbocycles. The molecule has 0 aliphatic carbocycles. The maximum atomic E-state index is 13.5. The summed E-state index contributed by atoms with van der Waals surface area (Å²) in [7, 11) is 1.64. The van der Waals surface area contributed by atoms with Gasteiger partial charge in [0.05, 0.1) is 23.9 Å². The second kappa shape index (κ2) is 7.49. The predicted octanol–water partition coefficient (Wildman–Crippen LogP) is 6.38. The zero-order chi connectivity index (χ0) is 20.8. The predicted molar refractivity (Wildman–Crippen MR) is 115 cm³/mol. The van der Waals surface area contributed by atoms with Gasteiger partial charge in [0.15, 0.2) is 0 Å². The molecule has 0 aromatic heterocycles. The molecule has 0 saturated carbocycles. The Kier molecular flexibility index (Phi) is 4.80. The molecule has 0 spiro atoms. The highest BCUT2D eigenvalue weighted by molar-refractivity contribution is 6.35. The number of halogens is 3. The fourth-order valence-corrected chi connectivity index (χ4v) is 4.47. The van der Waals surface area contributed by atoms with E-state index in [-0.39, 0.29) is 11.9 Å². The van der Waals surface area contributed by atoms with Crippen LogP contribution in [-0.2, 0) is 0 Å². The summed E-state index contributed by atoms with van der Waals surface area (Å²) in [6.07, 6.45) is 0.134. The molecule has 2 atom stereocenters. The number of benzene rings is 3. The molecule has 4 nitrogen and oxygen atoms in total. The molecule has 5 rings (SSSR count). The monoisotopic (exact) mass is 442 g/mol. The summed E-state index contributed by atoms with van der Waals surface area (Å²) in [5.41, 5.74) is 3.59. The Balaban J connectivity index is 1.60. The van der Waals surface area contributed by atoms with Gasteiger partial charge in [-0.15, -0.1) is 0 Å². The minimum Gasteiger partial charge on any atom is -0.497 e. The van der Waals surface area contributed by atoms with Gasteiger partial charge in [0.1, 0.15) is 17.3 Å². The Bertz CT molecular complexity index is 1130. The molecule has 152 valence electrons. The Morgan fingerprint density at radius 1 is 1.07 bits per heavy atom. The van der Waals surface area contributed by atoms with Crippen LogP contribution in [0.1, 0.15) is 35.4 Å². The van der Waals surface area contributed by atoms with E-state index in [1.165, 1.54) is 12.1 Å². The van der Waals surface area contributed by atoms with Gasteiger partial charge in [-0.05, 0) is 54.1 Å². The Morgan fingerprint density at radius 2 is 1.80 bits per heavy atom. The molecular formula is C23H17Cl2FN2O2. The number of ether oxygens (including phenoxy) is 2. The number of hydrogen-bond donors (Lipinski definition) is 0. The summed E-state index contributed by atoms with van der Waals surface area (Å²) in [4.78, 5) is 0. The topological polar surface area (TPSA) is 34.1 Å². The highest BCUT2D eigenvalue weighted by atomic mass is 35.5. The molecule has 0 saturated heterocycles. The van der Waals surface area contributed by atoms with E-state index in [9.17, 15) is 4.39 Å². The van der Waals surface area contributed by atoms with E-state index in [0.717, 1.165) is 28.2 Å². The van der Waals surface area contributed by atoms with Crippen molar-refractivity contribution >= 4 is 28.9 Å². The Labute approximate surface area is 183 Å². The van der Waals surface area contributed by atoms with Gasteiger partial charge in [-0.3, -0.25) is 0 Å². The minimum atomic E-state index is -0.530. The van der Waals surface area contributed by atoms with E-state index in [2.05, 4.69) is 0 Å². The molecular weight excluding hydrogens is 426 g/mol. The molecule has 30 heavy (non-hydrogen) atoms. The number of nitrogens with zero attached hydrogens (tertiary/aromatic N) is 2. The first kappa shape index (κ1) is 19.2. The van der Waals surface area contributed by atoms with E-state index < -0.39 is 6.23 Å². The molecule has 2 heterocycles. The van der Waals surface area contributed by atoms with Crippen LogP contribution in [0.15, 0.2) is 65.8 Å². The summed E-state index contributed by atoms with van der Waals surface area (Å²) in [5, 5.41) is 7.77. The van der Waals surface area contributed by atoms with E-state index in [1.54, 1.807) is 25.3 Å². The summed E-state index contributed by atoms with van der Waals surface area (Å²) in [6, 6.07) is 17.4. The van der Waals surface area contributed by atoms with Crippen molar-refractivity contribution in [2.24, 2.45) is 5.10 Å². The third kappa shape index (κ3) is 3.28. The summed E-state index contributed by atoms with van der Waals surface area (Å²) in [6.45, 7) is 0. The number of fused-ring (bicyclic) bond motifs is 3. The maximum Gasteiger partial charge on any atom is 0.213 e. The van der Waals surface area contributed by atoms with Crippen LogP contribution in [0, 0.1) is 5.82 Å². The van der Waals surface area contributed by atoms with Crippen LogP contribution in [0.2, 0.25) is 10.0 Å². The smallest absolute Gasteiger partial charge is 0.213 e. The summed E-state index contributed by atoms with van der Waals surface area (Å²) < 4.78 is 25.0. The van der Waals surface area contributed by atoms with Crippen molar-refractivity contribution in [3.05, 3.63) is 93.2 Å². The lowest BCUT2D eigenvalue weighted by Gasteiger charge is -2.38. The Hall–Kier alpha value is -2.76. The second-order valence-electron chi connectivity index (χ2n) is 7.20. The first-order valence-corrected chi connectivity index (χ1v) is 10.2. The number of hydrogen-bond acceptors (Lipinski definition) is 4. The van der Waals surface area contributed by atoms with E-state index in [1.807, 2.05) is 35.3 Å². The number of methoxy groups -OCH3 is 1. The summed E-state index contributed by atoms with van der Waals surface area (Å²) in [5.74, 6) is 1.06. The molecule has 3 aromatic rings. The van der Waals surface area contributed by atoms with Crippen molar-refractivity contribution < 1.29 is 13.9 Å². The van der Waals surface area contributed by atoms with E-state index in [0.29, 0.717) is 22.2 Å². The largest absolute Gasteiger partial charge is 0.497 e. The Morgan fingerprint density at radius 3 is 2.50 bits per heavy atom. The molecule has 0 amide bonds. The molecule has 0 unspecified atom stereocenters. The number of rotatable bonds is 3. The lowest BCUT2D eigenvalue weighted by molar-refractivity contribution is -0.0189. The maximum absolute atomic E-state index is 13.5. The van der Waals surface area contributed by atoms with Crippen LogP contribution in [-0.4, -0.2) is 17.8 Å². The minimum absolute atomic E-state index is 0.0999. The van der Waals surface area contributed by atoms with Crippen LogP contribution < -0.4 is 9.47 Å². The van der Waals surface area contributed by atoms with Crippen molar-refractivity contribution in [2.75, 3.05) is 7.11 Å². The van der Waals surface area contributed by atoms with E-state index in [4.69, 9.17) is 37.8 Å². The van der Waals surface area contributed by atoms with Gasteiger partial charge in [-0.2, -0.15) is 5.10 Å². The van der Waals surface area contributed by atoms with Crippen molar-refractivity contribution in [1.82, 2.24) is 5.01 Å². The van der Waals surface area contributed by atoms with Crippen LogP contribution in [0.5, 0.6) is 11.5 Å². The first-order valence-electron chi connectivity index (χ1n) is 9.45.